The minimum atomic E-state index is 0.113. The van der Waals surface area contributed by atoms with E-state index in [1.54, 1.807) is 0 Å². The van der Waals surface area contributed by atoms with Crippen molar-refractivity contribution in [2.45, 2.75) is 90.6 Å². The van der Waals surface area contributed by atoms with Crippen molar-refractivity contribution in [3.63, 3.8) is 0 Å². The number of carbonyl (C=O) groups is 1. The van der Waals surface area contributed by atoms with Crippen LogP contribution in [-0.4, -0.2) is 39.9 Å². The zero-order chi connectivity index (χ0) is 22.5. The fraction of sp³-hybridized carbons (Fsp3) is 0.593. The number of piperidine rings is 1. The number of rotatable bonds is 6. The summed E-state index contributed by atoms with van der Waals surface area (Å²) in [6, 6.07) is 9.00. The number of nitrogens with zero attached hydrogens (tertiary/aromatic N) is 3. The Hall–Kier alpha value is -2.27. The zero-order valence-corrected chi connectivity index (χ0v) is 20.0. The van der Waals surface area contributed by atoms with E-state index < -0.39 is 0 Å². The maximum absolute atomic E-state index is 12.6. The number of carbonyl (C=O) groups excluding carboxylic acids is 1. The lowest BCUT2D eigenvalue weighted by molar-refractivity contribution is -0.121. The largest absolute Gasteiger partial charge is 0.353 e. The van der Waals surface area contributed by atoms with Crippen molar-refractivity contribution in [1.29, 1.82) is 0 Å². The maximum Gasteiger partial charge on any atom is 0.224 e. The molecule has 1 N–H and O–H groups in total. The van der Waals surface area contributed by atoms with E-state index in [2.05, 4.69) is 41.4 Å². The van der Waals surface area contributed by atoms with Crippen molar-refractivity contribution in [3.8, 4) is 0 Å². The molecule has 5 nitrogen and oxygen atoms in total. The first-order valence-electron chi connectivity index (χ1n) is 12.4. The summed E-state index contributed by atoms with van der Waals surface area (Å²) in [6.45, 7) is 9.37. The summed E-state index contributed by atoms with van der Waals surface area (Å²) >= 11 is 0. The van der Waals surface area contributed by atoms with E-state index in [-0.39, 0.29) is 5.91 Å². The Morgan fingerprint density at radius 2 is 1.72 bits per heavy atom. The summed E-state index contributed by atoms with van der Waals surface area (Å²) in [6.07, 6.45) is 8.65. The molecule has 2 heterocycles. The molecular formula is C27H38N4O. The van der Waals surface area contributed by atoms with Crippen molar-refractivity contribution in [1.82, 2.24) is 20.2 Å². The summed E-state index contributed by atoms with van der Waals surface area (Å²) in [5, 5.41) is 3.23. The number of likely N-dealkylation sites (tertiary alicyclic amines) is 1. The fourth-order valence-electron chi connectivity index (χ4n) is 5.33. The summed E-state index contributed by atoms with van der Waals surface area (Å²) in [5.41, 5.74) is 5.67. The van der Waals surface area contributed by atoms with Crippen LogP contribution in [-0.2, 0) is 17.8 Å². The van der Waals surface area contributed by atoms with Gasteiger partial charge >= 0.3 is 0 Å². The molecule has 2 aromatic rings. The quantitative estimate of drug-likeness (QED) is 0.711. The second-order valence-corrected chi connectivity index (χ2v) is 9.81. The highest BCUT2D eigenvalue weighted by Crippen LogP contribution is 2.27. The lowest BCUT2D eigenvalue weighted by Crippen LogP contribution is -2.37. The number of nitrogens with one attached hydrogen (secondary N) is 1. The Morgan fingerprint density at radius 3 is 2.44 bits per heavy atom. The molecule has 2 aliphatic rings. The van der Waals surface area contributed by atoms with Gasteiger partial charge in [0, 0.05) is 42.0 Å². The van der Waals surface area contributed by atoms with Crippen molar-refractivity contribution < 1.29 is 4.79 Å². The van der Waals surface area contributed by atoms with Gasteiger partial charge in [0.25, 0.3) is 0 Å². The number of aryl methyl sites for hydroxylation is 3. The molecule has 0 unspecified atom stereocenters. The molecule has 1 saturated carbocycles. The second kappa shape index (κ2) is 10.6. The van der Waals surface area contributed by atoms with E-state index >= 15 is 0 Å². The normalized spacial score (nSPS) is 20.3. The molecule has 1 atom stereocenters. The van der Waals surface area contributed by atoms with Gasteiger partial charge in [0.1, 0.15) is 5.82 Å². The van der Waals surface area contributed by atoms with Crippen molar-refractivity contribution >= 4 is 5.91 Å². The van der Waals surface area contributed by atoms with Gasteiger partial charge in [0.2, 0.25) is 5.91 Å². The molecule has 0 radical (unpaired) electrons. The van der Waals surface area contributed by atoms with E-state index in [1.165, 1.54) is 36.8 Å². The second-order valence-electron chi connectivity index (χ2n) is 9.81. The van der Waals surface area contributed by atoms with Crippen LogP contribution in [0.25, 0.3) is 0 Å². The third-order valence-electron chi connectivity index (χ3n) is 7.27. The van der Waals surface area contributed by atoms with Crippen LogP contribution in [0.15, 0.2) is 24.3 Å². The van der Waals surface area contributed by atoms with Crippen LogP contribution in [0.2, 0.25) is 0 Å². The topological polar surface area (TPSA) is 58.1 Å². The monoisotopic (exact) mass is 434 g/mol. The molecule has 2 fully saturated rings. The highest BCUT2D eigenvalue weighted by atomic mass is 16.1. The minimum absolute atomic E-state index is 0.113. The van der Waals surface area contributed by atoms with Gasteiger partial charge in [-0.15, -0.1) is 0 Å². The first-order chi connectivity index (χ1) is 15.5. The smallest absolute Gasteiger partial charge is 0.224 e. The number of hydrogen-bond donors (Lipinski definition) is 1. The van der Waals surface area contributed by atoms with Crippen molar-refractivity contribution in [2.24, 2.45) is 0 Å². The minimum Gasteiger partial charge on any atom is -0.353 e. The Labute approximate surface area is 193 Å². The molecule has 1 aromatic heterocycles. The molecule has 1 aliphatic carbocycles. The molecule has 32 heavy (non-hydrogen) atoms. The standard InChI is InChI=1S/C27H38N4O/c1-19-10-7-8-11-22(19)17-31-15-9-12-23(18-31)27-28-20(2)25(21(3)29-27)16-26(32)30-24-13-5-4-6-14-24/h7-8,10-11,23-24H,4-6,9,12-18H2,1-3H3,(H,30,32)/t23-/m0/s1. The third kappa shape index (κ3) is 5.74. The number of amides is 1. The van der Waals surface area contributed by atoms with E-state index in [9.17, 15) is 4.79 Å². The van der Waals surface area contributed by atoms with Crippen LogP contribution in [0.3, 0.4) is 0 Å². The predicted octanol–water partition coefficient (Wildman–Crippen LogP) is 4.77. The predicted molar refractivity (Wildman–Crippen MR) is 129 cm³/mol. The molecule has 1 aromatic carbocycles. The lowest BCUT2D eigenvalue weighted by atomic mass is 9.95. The molecule has 4 rings (SSSR count). The van der Waals surface area contributed by atoms with Crippen LogP contribution in [0.5, 0.6) is 0 Å². The van der Waals surface area contributed by atoms with Gasteiger partial charge in [-0.1, -0.05) is 43.5 Å². The van der Waals surface area contributed by atoms with Crippen LogP contribution in [0.1, 0.15) is 84.8 Å². The first-order valence-corrected chi connectivity index (χ1v) is 12.4. The number of aromatic nitrogens is 2. The summed E-state index contributed by atoms with van der Waals surface area (Å²) in [7, 11) is 0. The van der Waals surface area contributed by atoms with Crippen LogP contribution in [0.4, 0.5) is 0 Å². The van der Waals surface area contributed by atoms with Gasteiger partial charge in [-0.05, 0) is 64.1 Å². The van der Waals surface area contributed by atoms with E-state index in [4.69, 9.17) is 9.97 Å². The van der Waals surface area contributed by atoms with Crippen molar-refractivity contribution in [3.05, 3.63) is 58.2 Å². The van der Waals surface area contributed by atoms with E-state index in [1.807, 2.05) is 13.8 Å². The first kappa shape index (κ1) is 22.9. The van der Waals surface area contributed by atoms with E-state index in [0.717, 1.165) is 61.7 Å². The number of hydrogen-bond acceptors (Lipinski definition) is 4. The highest BCUT2D eigenvalue weighted by molar-refractivity contribution is 5.79. The molecule has 1 amide bonds. The Kier molecular flexibility index (Phi) is 7.56. The number of benzene rings is 1. The molecule has 1 saturated heterocycles. The molecule has 1 aliphatic heterocycles. The molecule has 5 heteroatoms. The lowest BCUT2D eigenvalue weighted by Gasteiger charge is -2.32. The average Bonchev–Trinajstić information content (AvgIpc) is 2.78. The van der Waals surface area contributed by atoms with Gasteiger partial charge < -0.3 is 5.32 Å². The molecular weight excluding hydrogens is 396 g/mol. The molecule has 0 bridgehead atoms. The van der Waals surface area contributed by atoms with Crippen LogP contribution in [0, 0.1) is 20.8 Å². The third-order valence-corrected chi connectivity index (χ3v) is 7.27. The summed E-state index contributed by atoms with van der Waals surface area (Å²) in [4.78, 5) is 25.0. The fourth-order valence-corrected chi connectivity index (χ4v) is 5.33. The zero-order valence-electron chi connectivity index (χ0n) is 20.0. The SMILES string of the molecule is Cc1ccccc1CN1CCC[C@H](c2nc(C)c(CC(=O)NC3CCCCC3)c(C)n2)C1. The van der Waals surface area contributed by atoms with Crippen LogP contribution < -0.4 is 5.32 Å². The van der Waals surface area contributed by atoms with Crippen molar-refractivity contribution in [2.75, 3.05) is 13.1 Å². The Morgan fingerprint density at radius 1 is 1.00 bits per heavy atom. The molecule has 172 valence electrons. The van der Waals surface area contributed by atoms with Gasteiger partial charge in [0.15, 0.2) is 0 Å². The summed E-state index contributed by atoms with van der Waals surface area (Å²) < 4.78 is 0. The molecule has 0 spiro atoms. The van der Waals surface area contributed by atoms with Gasteiger partial charge in [0.05, 0.1) is 6.42 Å². The van der Waals surface area contributed by atoms with Crippen LogP contribution >= 0.6 is 0 Å². The van der Waals surface area contributed by atoms with Gasteiger partial charge in [-0.2, -0.15) is 0 Å². The maximum atomic E-state index is 12.6. The van der Waals surface area contributed by atoms with Gasteiger partial charge in [-0.3, -0.25) is 9.69 Å². The Balaban J connectivity index is 1.40. The highest BCUT2D eigenvalue weighted by Gasteiger charge is 2.25. The Bertz CT molecular complexity index is 912. The van der Waals surface area contributed by atoms with Gasteiger partial charge in [-0.25, -0.2) is 9.97 Å². The van der Waals surface area contributed by atoms with E-state index in [0.29, 0.717) is 18.4 Å². The average molecular weight is 435 g/mol. The summed E-state index contributed by atoms with van der Waals surface area (Å²) in [5.74, 6) is 1.42.